The van der Waals surface area contributed by atoms with Gasteiger partial charge in [0.05, 0.1) is 6.42 Å². The molecule has 4 nitrogen and oxygen atoms in total. The lowest BCUT2D eigenvalue weighted by Crippen LogP contribution is -2.18. The molecule has 1 saturated heterocycles. The van der Waals surface area contributed by atoms with Gasteiger partial charge in [0.1, 0.15) is 11.9 Å². The third-order valence-electron chi connectivity index (χ3n) is 0.684. The van der Waals surface area contributed by atoms with Crippen LogP contribution in [-0.4, -0.2) is 29.0 Å². The summed E-state index contributed by atoms with van der Waals surface area (Å²) >= 11 is 2.71. The van der Waals surface area contributed by atoms with Gasteiger partial charge in [-0.25, -0.2) is 0 Å². The number of carbonyl (C=O) groups is 2. The summed E-state index contributed by atoms with van der Waals surface area (Å²) in [7, 11) is 0. The largest absolute Gasteiger partial charge is 0.481 e. The lowest BCUT2D eigenvalue weighted by atomic mass is 10.4. The van der Waals surface area contributed by atoms with Gasteiger partial charge in [-0.2, -0.15) is 0 Å². The van der Waals surface area contributed by atoms with Crippen molar-refractivity contribution >= 4 is 27.9 Å². The van der Waals surface area contributed by atoms with Crippen LogP contribution in [-0.2, 0) is 14.3 Å². The molecule has 0 atom stereocenters. The van der Waals surface area contributed by atoms with Crippen molar-refractivity contribution < 1.29 is 20.9 Å². The van der Waals surface area contributed by atoms with E-state index in [2.05, 4.69) is 20.7 Å². The minimum absolute atomic E-state index is 0. The Morgan fingerprint density at radius 3 is 2.20 bits per heavy atom. The fourth-order valence-corrected chi connectivity index (χ4v) is 0.185. The molecule has 0 aromatic rings. The second-order valence-electron chi connectivity index (χ2n) is 1.50. The SMILES string of the molecule is O=C(O)CBr.O=C1CCO1.[2HH]. The Morgan fingerprint density at radius 1 is 1.90 bits per heavy atom. The van der Waals surface area contributed by atoms with E-state index in [0.29, 0.717) is 13.0 Å². The van der Waals surface area contributed by atoms with Crippen molar-refractivity contribution in [2.45, 2.75) is 6.42 Å². The molecule has 0 amide bonds. The molecule has 0 aromatic carbocycles. The normalized spacial score (nSPS) is 13.9. The number of carboxylic acids is 1. The van der Waals surface area contributed by atoms with E-state index in [-0.39, 0.29) is 12.7 Å². The van der Waals surface area contributed by atoms with Crippen molar-refractivity contribution in [2.75, 3.05) is 11.9 Å². The molecule has 0 saturated carbocycles. The Bertz CT molecular complexity index is 125. The van der Waals surface area contributed by atoms with Crippen molar-refractivity contribution in [3.8, 4) is 0 Å². The average molecular weight is 214 g/mol. The Morgan fingerprint density at radius 2 is 2.20 bits per heavy atom. The first-order valence-corrected chi connectivity index (χ1v) is 3.72. The quantitative estimate of drug-likeness (QED) is 0.514. The summed E-state index contributed by atoms with van der Waals surface area (Å²) in [6.45, 7) is 0.638. The third-order valence-corrected chi connectivity index (χ3v) is 1.16. The second-order valence-corrected chi connectivity index (χ2v) is 2.06. The first-order valence-electron chi connectivity index (χ1n) is 2.60. The molecule has 0 aliphatic carbocycles. The lowest BCUT2D eigenvalue weighted by Gasteiger charge is -2.09. The molecule has 60 valence electrons. The van der Waals surface area contributed by atoms with Crippen molar-refractivity contribution in [3.63, 3.8) is 0 Å². The maximum absolute atomic E-state index is 9.68. The molecule has 0 unspecified atom stereocenters. The van der Waals surface area contributed by atoms with Gasteiger partial charge in [0.2, 0.25) is 0 Å². The van der Waals surface area contributed by atoms with Crippen LogP contribution in [0.5, 0.6) is 0 Å². The van der Waals surface area contributed by atoms with Gasteiger partial charge in [-0.05, 0) is 0 Å². The van der Waals surface area contributed by atoms with Crippen LogP contribution >= 0.6 is 15.9 Å². The minimum Gasteiger partial charge on any atom is -0.481 e. The maximum Gasteiger partial charge on any atom is 0.314 e. The number of carbonyl (C=O) groups excluding carboxylic acids is 1. The molecular weight excluding hydrogens is 204 g/mol. The van der Waals surface area contributed by atoms with Gasteiger partial charge < -0.3 is 9.84 Å². The van der Waals surface area contributed by atoms with E-state index in [1.54, 1.807) is 0 Å². The molecule has 0 bridgehead atoms. The molecule has 1 aliphatic heterocycles. The highest BCUT2D eigenvalue weighted by Crippen LogP contribution is 1.97. The van der Waals surface area contributed by atoms with E-state index in [4.69, 9.17) is 5.11 Å². The third kappa shape index (κ3) is 5.55. The highest BCUT2D eigenvalue weighted by molar-refractivity contribution is 9.09. The van der Waals surface area contributed by atoms with Gasteiger partial charge in [0.15, 0.2) is 0 Å². The number of ether oxygens (including phenoxy) is 1. The van der Waals surface area contributed by atoms with E-state index in [0.717, 1.165) is 0 Å². The van der Waals surface area contributed by atoms with Crippen LogP contribution in [0.1, 0.15) is 7.85 Å². The molecule has 0 spiro atoms. The standard InChI is InChI=1S/C3H4O2.C2H3BrO2.H2/c4-3-1-2-5-3;3-1-2(4)5;/h1-2H2;1H2,(H,4,5);1H/i;;1+1. The highest BCUT2D eigenvalue weighted by atomic mass is 79.9. The summed E-state index contributed by atoms with van der Waals surface area (Å²) < 4.78 is 4.29. The number of aliphatic carboxylic acids is 1. The van der Waals surface area contributed by atoms with Crippen molar-refractivity contribution in [1.29, 1.82) is 0 Å². The first kappa shape index (κ1) is 9.42. The summed E-state index contributed by atoms with van der Waals surface area (Å²) in [4.78, 5) is 19.0. The van der Waals surface area contributed by atoms with Crippen LogP contribution < -0.4 is 0 Å². The smallest absolute Gasteiger partial charge is 0.314 e. The van der Waals surface area contributed by atoms with Crippen molar-refractivity contribution in [2.24, 2.45) is 0 Å². The molecular formula is C5H9BrO4. The zero-order valence-electron chi connectivity index (χ0n) is 5.17. The van der Waals surface area contributed by atoms with E-state index < -0.39 is 5.97 Å². The summed E-state index contributed by atoms with van der Waals surface area (Å²) in [6.07, 6.45) is 0.625. The number of hydrogen-bond acceptors (Lipinski definition) is 3. The van der Waals surface area contributed by atoms with E-state index in [9.17, 15) is 9.59 Å². The Labute approximate surface area is 67.8 Å². The van der Waals surface area contributed by atoms with E-state index >= 15 is 0 Å². The molecule has 10 heavy (non-hydrogen) atoms. The predicted molar refractivity (Wildman–Crippen MR) is 39.1 cm³/mol. The van der Waals surface area contributed by atoms with Crippen LogP contribution in [0.3, 0.4) is 0 Å². The van der Waals surface area contributed by atoms with Gasteiger partial charge in [-0.1, -0.05) is 15.9 Å². The molecule has 0 radical (unpaired) electrons. The topological polar surface area (TPSA) is 63.6 Å². The van der Waals surface area contributed by atoms with Gasteiger partial charge >= 0.3 is 11.9 Å². The lowest BCUT2D eigenvalue weighted by molar-refractivity contribution is -0.157. The van der Waals surface area contributed by atoms with Gasteiger partial charge in [-0.15, -0.1) is 0 Å². The summed E-state index contributed by atoms with van der Waals surface area (Å²) in [5.74, 6) is -0.894. The van der Waals surface area contributed by atoms with Crippen LogP contribution in [0.25, 0.3) is 0 Å². The molecule has 1 aliphatic rings. The summed E-state index contributed by atoms with van der Waals surface area (Å²) in [5.41, 5.74) is 0. The van der Waals surface area contributed by atoms with E-state index in [1.807, 2.05) is 0 Å². The number of cyclic esters (lactones) is 1. The number of hydrogen-bond donors (Lipinski definition) is 1. The molecule has 5 heteroatoms. The summed E-state index contributed by atoms with van der Waals surface area (Å²) in [5, 5.41) is 7.71. The first-order chi connectivity index (χ1) is 4.66. The molecule has 0 aromatic heterocycles. The number of rotatable bonds is 1. The fraction of sp³-hybridized carbons (Fsp3) is 0.600. The summed E-state index contributed by atoms with van der Waals surface area (Å²) in [6, 6.07) is 0. The molecule has 1 rings (SSSR count). The Balaban J connectivity index is 0. The van der Waals surface area contributed by atoms with Crippen LogP contribution in [0.2, 0.25) is 0 Å². The average Bonchev–Trinajstić information content (AvgIpc) is 1.85. The van der Waals surface area contributed by atoms with Crippen molar-refractivity contribution in [1.82, 2.24) is 0 Å². The van der Waals surface area contributed by atoms with Crippen molar-refractivity contribution in [3.05, 3.63) is 0 Å². The molecule has 1 N–H and O–H groups in total. The van der Waals surface area contributed by atoms with Crippen LogP contribution in [0.4, 0.5) is 0 Å². The van der Waals surface area contributed by atoms with Gasteiger partial charge in [0, 0.05) is 1.43 Å². The predicted octanol–water partition coefficient (Wildman–Crippen LogP) is 0.645. The molecule has 1 fully saturated rings. The Kier molecular flexibility index (Phi) is 4.92. The zero-order chi connectivity index (χ0) is 7.98. The zero-order valence-corrected chi connectivity index (χ0v) is 6.76. The van der Waals surface area contributed by atoms with Crippen LogP contribution in [0, 0.1) is 0 Å². The van der Waals surface area contributed by atoms with Crippen LogP contribution in [0.15, 0.2) is 0 Å². The van der Waals surface area contributed by atoms with Gasteiger partial charge in [0.25, 0.3) is 0 Å². The fourth-order valence-electron chi connectivity index (χ4n) is 0.185. The van der Waals surface area contributed by atoms with Gasteiger partial charge in [-0.3, -0.25) is 9.59 Å². The number of halogens is 1. The number of esters is 1. The minimum atomic E-state index is -0.829. The highest BCUT2D eigenvalue weighted by Gasteiger charge is 2.10. The maximum atomic E-state index is 9.68. The molecule has 1 heterocycles. The van der Waals surface area contributed by atoms with E-state index in [1.165, 1.54) is 0 Å². The number of carboxylic acid groups (broad SMARTS) is 1. The number of alkyl halides is 1. The Hall–Kier alpha value is -0.580. The monoisotopic (exact) mass is 213 g/mol. The second kappa shape index (κ2) is 5.22.